The van der Waals surface area contributed by atoms with Crippen LogP contribution in [-0.4, -0.2) is 22.0 Å². The van der Waals surface area contributed by atoms with Gasteiger partial charge in [-0.2, -0.15) is 0 Å². The van der Waals surface area contributed by atoms with E-state index in [1.54, 1.807) is 13.2 Å². The van der Waals surface area contributed by atoms with E-state index in [0.717, 1.165) is 35.5 Å². The van der Waals surface area contributed by atoms with E-state index in [4.69, 9.17) is 0 Å². The first-order valence-electron chi connectivity index (χ1n) is 13.2. The molecule has 1 amide bonds. The van der Waals surface area contributed by atoms with Crippen LogP contribution < -0.4 is 21.5 Å². The number of carbonyl (C=O) groups is 1. The first kappa shape index (κ1) is 27.8. The molecular formula is C32H37N5O2. The second-order valence-electron chi connectivity index (χ2n) is 10.8. The van der Waals surface area contributed by atoms with Crippen LogP contribution in [0.2, 0.25) is 0 Å². The maximum atomic E-state index is 13.0. The molecule has 0 aliphatic heterocycles. The van der Waals surface area contributed by atoms with E-state index < -0.39 is 0 Å². The lowest BCUT2D eigenvalue weighted by Crippen LogP contribution is -2.21. The number of hydrogen-bond acceptors (Lipinski definition) is 5. The number of benzene rings is 3. The number of aromatic nitrogens is 2. The molecule has 3 aromatic carbocycles. The van der Waals surface area contributed by atoms with E-state index in [-0.39, 0.29) is 22.7 Å². The van der Waals surface area contributed by atoms with Gasteiger partial charge >= 0.3 is 0 Å². The highest BCUT2D eigenvalue weighted by molar-refractivity contribution is 6.05. The van der Waals surface area contributed by atoms with Gasteiger partial charge in [0.15, 0.2) is 5.82 Å². The van der Waals surface area contributed by atoms with E-state index in [0.29, 0.717) is 16.9 Å². The lowest BCUT2D eigenvalue weighted by molar-refractivity contribution is 0.102. The SMILES string of the molecule is CCNCc1ccc(Nc2nc(-c3cccc(NC(=O)c4ccc(C(C)(C)C)cc4)c3C)cn(C)c2=O)cc1. The number of nitrogens with one attached hydrogen (secondary N) is 3. The van der Waals surface area contributed by atoms with Crippen LogP contribution in [0.15, 0.2) is 77.7 Å². The van der Waals surface area contributed by atoms with Gasteiger partial charge < -0.3 is 20.5 Å². The monoisotopic (exact) mass is 523 g/mol. The number of aryl methyl sites for hydroxylation is 1. The Kier molecular flexibility index (Phi) is 8.31. The summed E-state index contributed by atoms with van der Waals surface area (Å²) in [7, 11) is 1.71. The van der Waals surface area contributed by atoms with Crippen molar-refractivity contribution in [3.63, 3.8) is 0 Å². The minimum Gasteiger partial charge on any atom is -0.336 e. The predicted octanol–water partition coefficient (Wildman–Crippen LogP) is 6.16. The zero-order valence-corrected chi connectivity index (χ0v) is 23.6. The first-order chi connectivity index (χ1) is 18.6. The topological polar surface area (TPSA) is 88.1 Å². The van der Waals surface area contributed by atoms with Crippen molar-refractivity contribution in [3.05, 3.63) is 106 Å². The number of carbonyl (C=O) groups excluding carboxylic acids is 1. The fourth-order valence-electron chi connectivity index (χ4n) is 4.29. The van der Waals surface area contributed by atoms with Crippen LogP contribution in [0.1, 0.15) is 54.7 Å². The molecule has 0 spiro atoms. The van der Waals surface area contributed by atoms with Crippen LogP contribution >= 0.6 is 0 Å². The summed E-state index contributed by atoms with van der Waals surface area (Å²) < 4.78 is 1.52. The van der Waals surface area contributed by atoms with Crippen LogP contribution in [-0.2, 0) is 19.0 Å². The molecule has 202 valence electrons. The van der Waals surface area contributed by atoms with Crippen molar-refractivity contribution in [2.75, 3.05) is 17.2 Å². The standard InChI is InChI=1S/C32H37N5O2/c1-7-33-19-22-11-17-25(18-12-22)34-29-31(39)37(6)20-28(35-29)26-9-8-10-27(21(26)2)36-30(38)23-13-15-24(16-14-23)32(3,4)5/h8-18,20,33H,7,19H2,1-6H3,(H,34,35)(H,36,38). The molecule has 0 aliphatic carbocycles. The highest BCUT2D eigenvalue weighted by Crippen LogP contribution is 2.29. The van der Waals surface area contributed by atoms with E-state index in [9.17, 15) is 9.59 Å². The molecule has 0 atom stereocenters. The van der Waals surface area contributed by atoms with Gasteiger partial charge in [0.2, 0.25) is 0 Å². The molecule has 0 saturated heterocycles. The van der Waals surface area contributed by atoms with Gasteiger partial charge in [0.25, 0.3) is 11.5 Å². The zero-order valence-electron chi connectivity index (χ0n) is 23.6. The Morgan fingerprint density at radius 2 is 1.67 bits per heavy atom. The van der Waals surface area contributed by atoms with E-state index in [1.165, 1.54) is 10.1 Å². The van der Waals surface area contributed by atoms with Crippen LogP contribution in [0, 0.1) is 6.92 Å². The molecular weight excluding hydrogens is 486 g/mol. The van der Waals surface area contributed by atoms with Crippen LogP contribution in [0.5, 0.6) is 0 Å². The molecule has 0 unspecified atom stereocenters. The molecule has 7 heteroatoms. The summed E-state index contributed by atoms with van der Waals surface area (Å²) in [5.41, 5.74) is 6.53. The number of nitrogens with zero attached hydrogens (tertiary/aromatic N) is 2. The number of anilines is 3. The van der Waals surface area contributed by atoms with Gasteiger partial charge in [0.1, 0.15) is 0 Å². The van der Waals surface area contributed by atoms with Gasteiger partial charge in [-0.05, 0) is 65.9 Å². The van der Waals surface area contributed by atoms with Crippen molar-refractivity contribution >= 4 is 23.1 Å². The van der Waals surface area contributed by atoms with Crippen molar-refractivity contribution < 1.29 is 4.79 Å². The molecule has 7 nitrogen and oxygen atoms in total. The Morgan fingerprint density at radius 1 is 0.974 bits per heavy atom. The van der Waals surface area contributed by atoms with Crippen molar-refractivity contribution in [2.45, 2.75) is 46.6 Å². The smallest absolute Gasteiger partial charge is 0.293 e. The molecule has 3 N–H and O–H groups in total. The fraction of sp³-hybridized carbons (Fsp3) is 0.281. The Balaban J connectivity index is 1.58. The normalized spacial score (nSPS) is 11.3. The Morgan fingerprint density at radius 3 is 2.31 bits per heavy atom. The van der Waals surface area contributed by atoms with Crippen molar-refractivity contribution in [1.29, 1.82) is 0 Å². The van der Waals surface area contributed by atoms with Crippen molar-refractivity contribution in [2.24, 2.45) is 7.05 Å². The molecule has 1 heterocycles. The Hall–Kier alpha value is -4.23. The fourth-order valence-corrected chi connectivity index (χ4v) is 4.29. The summed E-state index contributed by atoms with van der Waals surface area (Å²) >= 11 is 0. The van der Waals surface area contributed by atoms with Gasteiger partial charge in [0.05, 0.1) is 5.69 Å². The molecule has 0 bridgehead atoms. The van der Waals surface area contributed by atoms with Crippen molar-refractivity contribution in [1.82, 2.24) is 14.9 Å². The molecule has 1 aromatic heterocycles. The molecule has 39 heavy (non-hydrogen) atoms. The summed E-state index contributed by atoms with van der Waals surface area (Å²) in [5, 5.41) is 9.52. The van der Waals surface area contributed by atoms with Gasteiger partial charge in [-0.15, -0.1) is 0 Å². The second-order valence-corrected chi connectivity index (χ2v) is 10.8. The number of hydrogen-bond donors (Lipinski definition) is 3. The van der Waals surface area contributed by atoms with Gasteiger partial charge in [0, 0.05) is 42.3 Å². The first-order valence-corrected chi connectivity index (χ1v) is 13.2. The summed E-state index contributed by atoms with van der Waals surface area (Å²) in [6.45, 7) is 12.1. The molecule has 0 radical (unpaired) electrons. The third-order valence-electron chi connectivity index (χ3n) is 6.74. The molecule has 0 fully saturated rings. The highest BCUT2D eigenvalue weighted by Gasteiger charge is 2.16. The largest absolute Gasteiger partial charge is 0.336 e. The van der Waals surface area contributed by atoms with Gasteiger partial charge in [-0.25, -0.2) is 4.98 Å². The Labute approximate surface area is 230 Å². The lowest BCUT2D eigenvalue weighted by Gasteiger charge is -2.19. The van der Waals surface area contributed by atoms with Gasteiger partial charge in [-0.3, -0.25) is 9.59 Å². The van der Waals surface area contributed by atoms with Crippen molar-refractivity contribution in [3.8, 4) is 11.3 Å². The zero-order chi connectivity index (χ0) is 28.2. The highest BCUT2D eigenvalue weighted by atomic mass is 16.1. The minimum atomic E-state index is -0.226. The molecule has 0 aliphatic rings. The van der Waals surface area contributed by atoms with E-state index >= 15 is 0 Å². The van der Waals surface area contributed by atoms with E-state index in [1.807, 2.05) is 73.7 Å². The minimum absolute atomic E-state index is 0.0198. The average Bonchev–Trinajstić information content (AvgIpc) is 2.91. The maximum Gasteiger partial charge on any atom is 0.293 e. The second kappa shape index (κ2) is 11.7. The van der Waals surface area contributed by atoms with E-state index in [2.05, 4.69) is 48.6 Å². The molecule has 4 rings (SSSR count). The quantitative estimate of drug-likeness (QED) is 0.257. The average molecular weight is 524 g/mol. The lowest BCUT2D eigenvalue weighted by atomic mass is 9.86. The summed E-state index contributed by atoms with van der Waals surface area (Å²) in [6, 6.07) is 21.3. The summed E-state index contributed by atoms with van der Waals surface area (Å²) in [6.07, 6.45) is 1.71. The number of amides is 1. The maximum absolute atomic E-state index is 13.0. The third-order valence-corrected chi connectivity index (χ3v) is 6.74. The van der Waals surface area contributed by atoms with Gasteiger partial charge in [-0.1, -0.05) is 64.1 Å². The van der Waals surface area contributed by atoms with Crippen LogP contribution in [0.4, 0.5) is 17.2 Å². The third kappa shape index (κ3) is 6.62. The predicted molar refractivity (Wildman–Crippen MR) is 160 cm³/mol. The molecule has 0 saturated carbocycles. The summed E-state index contributed by atoms with van der Waals surface area (Å²) in [4.78, 5) is 30.6. The summed E-state index contributed by atoms with van der Waals surface area (Å²) in [5.74, 6) is 0.0614. The molecule has 4 aromatic rings. The van der Waals surface area contributed by atoms with Crippen LogP contribution in [0.25, 0.3) is 11.3 Å². The Bertz CT molecular complexity index is 1510. The number of rotatable bonds is 8. The van der Waals surface area contributed by atoms with Crippen LogP contribution in [0.3, 0.4) is 0 Å².